The average molecular weight is 228 g/mol. The Morgan fingerprint density at radius 1 is 1.62 bits per heavy atom. The second-order valence-corrected chi connectivity index (χ2v) is 3.98. The Morgan fingerprint density at radius 3 is 2.56 bits per heavy atom. The molecule has 1 heterocycles. The number of nitrogens with one attached hydrogen (secondary N) is 2. The van der Waals surface area contributed by atoms with Gasteiger partial charge in [0.15, 0.2) is 0 Å². The highest BCUT2D eigenvalue weighted by Gasteiger charge is 2.49. The van der Waals surface area contributed by atoms with E-state index in [0.717, 1.165) is 4.90 Å². The normalized spacial score (nSPS) is 26.6. The van der Waals surface area contributed by atoms with Crippen LogP contribution in [-0.4, -0.2) is 34.3 Å². The zero-order valence-electron chi connectivity index (χ0n) is 9.53. The summed E-state index contributed by atoms with van der Waals surface area (Å²) < 4.78 is 0. The van der Waals surface area contributed by atoms with E-state index in [1.807, 2.05) is 5.43 Å². The predicted molar refractivity (Wildman–Crippen MR) is 55.9 cm³/mol. The van der Waals surface area contributed by atoms with Gasteiger partial charge in [-0.25, -0.2) is 15.5 Å². The highest BCUT2D eigenvalue weighted by molar-refractivity contribution is 6.09. The van der Waals surface area contributed by atoms with Crippen molar-refractivity contribution >= 4 is 17.8 Å². The molecule has 0 saturated carbocycles. The first-order valence-corrected chi connectivity index (χ1v) is 5.03. The first-order chi connectivity index (χ1) is 7.37. The summed E-state index contributed by atoms with van der Waals surface area (Å²) in [5.74, 6) is 3.98. The minimum absolute atomic E-state index is 0.406. The number of hydrogen-bond donors (Lipinski definition) is 3. The van der Waals surface area contributed by atoms with Gasteiger partial charge < -0.3 is 5.32 Å². The minimum atomic E-state index is -0.930. The molecule has 4 N–H and O–H groups in total. The molecule has 0 aliphatic carbocycles. The molecule has 2 unspecified atom stereocenters. The van der Waals surface area contributed by atoms with E-state index < -0.39 is 29.4 Å². The van der Waals surface area contributed by atoms with Gasteiger partial charge in [-0.1, -0.05) is 6.92 Å². The van der Waals surface area contributed by atoms with E-state index >= 15 is 0 Å². The number of amides is 4. The van der Waals surface area contributed by atoms with Crippen LogP contribution in [0.2, 0.25) is 0 Å². The monoisotopic (exact) mass is 228 g/mol. The molecule has 1 aliphatic rings. The van der Waals surface area contributed by atoms with Gasteiger partial charge >= 0.3 is 6.03 Å². The fourth-order valence-corrected chi connectivity index (χ4v) is 1.54. The predicted octanol–water partition coefficient (Wildman–Crippen LogP) is -0.915. The Kier molecular flexibility index (Phi) is 3.18. The molecule has 1 fully saturated rings. The van der Waals surface area contributed by atoms with Crippen molar-refractivity contribution in [2.75, 3.05) is 0 Å². The zero-order chi connectivity index (χ0) is 12.5. The summed E-state index contributed by atoms with van der Waals surface area (Å²) >= 11 is 0. The molecule has 0 aromatic rings. The quantitative estimate of drug-likeness (QED) is 0.251. The molecule has 2 atom stereocenters. The van der Waals surface area contributed by atoms with Crippen molar-refractivity contribution in [3.63, 3.8) is 0 Å². The first kappa shape index (κ1) is 12.4. The summed E-state index contributed by atoms with van der Waals surface area (Å²) in [6.07, 6.45) is 0.463. The average Bonchev–Trinajstić information content (AvgIpc) is 2.49. The van der Waals surface area contributed by atoms with Crippen LogP contribution in [0.1, 0.15) is 27.2 Å². The van der Waals surface area contributed by atoms with Gasteiger partial charge in [0.2, 0.25) is 0 Å². The van der Waals surface area contributed by atoms with Crippen molar-refractivity contribution in [2.24, 2.45) is 5.84 Å². The van der Waals surface area contributed by atoms with Crippen LogP contribution >= 0.6 is 0 Å². The maximum absolute atomic E-state index is 12.0. The summed E-state index contributed by atoms with van der Waals surface area (Å²) in [6.45, 7) is 4.86. The number of carbonyl (C=O) groups excluding carboxylic acids is 3. The third-order valence-electron chi connectivity index (χ3n) is 2.91. The van der Waals surface area contributed by atoms with Crippen LogP contribution in [0.3, 0.4) is 0 Å². The van der Waals surface area contributed by atoms with E-state index in [9.17, 15) is 14.4 Å². The van der Waals surface area contributed by atoms with Crippen LogP contribution in [0.15, 0.2) is 0 Å². The van der Waals surface area contributed by atoms with E-state index in [0.29, 0.717) is 6.42 Å². The fraction of sp³-hybridized carbons (Fsp3) is 0.667. The topological polar surface area (TPSA) is 105 Å². The summed E-state index contributed by atoms with van der Waals surface area (Å²) in [5.41, 5.74) is 0.985. The molecular formula is C9H16N4O3. The highest BCUT2D eigenvalue weighted by atomic mass is 16.2. The van der Waals surface area contributed by atoms with E-state index in [4.69, 9.17) is 5.84 Å². The summed E-state index contributed by atoms with van der Waals surface area (Å²) in [5, 5.41) is 2.56. The summed E-state index contributed by atoms with van der Waals surface area (Å²) in [6, 6.07) is -1.48. The maximum Gasteiger partial charge on any atom is 0.325 e. The molecule has 90 valence electrons. The third kappa shape index (κ3) is 1.73. The van der Waals surface area contributed by atoms with E-state index in [1.165, 1.54) is 6.92 Å². The number of hydrazine groups is 1. The van der Waals surface area contributed by atoms with Crippen molar-refractivity contribution in [3.05, 3.63) is 0 Å². The highest BCUT2D eigenvalue weighted by Crippen LogP contribution is 2.22. The van der Waals surface area contributed by atoms with Crippen LogP contribution in [0.5, 0.6) is 0 Å². The lowest BCUT2D eigenvalue weighted by atomic mass is 9.99. The molecule has 0 aromatic carbocycles. The lowest BCUT2D eigenvalue weighted by molar-refractivity contribution is -0.137. The van der Waals surface area contributed by atoms with E-state index in [1.54, 1.807) is 13.8 Å². The van der Waals surface area contributed by atoms with Gasteiger partial charge in [0, 0.05) is 0 Å². The van der Waals surface area contributed by atoms with Crippen LogP contribution in [-0.2, 0) is 9.59 Å². The first-order valence-electron chi connectivity index (χ1n) is 5.03. The van der Waals surface area contributed by atoms with Gasteiger partial charge in [-0.15, -0.1) is 0 Å². The Morgan fingerprint density at radius 2 is 2.19 bits per heavy atom. The largest absolute Gasteiger partial charge is 0.325 e. The van der Waals surface area contributed by atoms with Gasteiger partial charge in [-0.2, -0.15) is 0 Å². The molecule has 0 bridgehead atoms. The van der Waals surface area contributed by atoms with Gasteiger partial charge in [0.25, 0.3) is 11.8 Å². The third-order valence-corrected chi connectivity index (χ3v) is 2.91. The summed E-state index contributed by atoms with van der Waals surface area (Å²) in [4.78, 5) is 35.7. The van der Waals surface area contributed by atoms with Crippen LogP contribution in [0.25, 0.3) is 0 Å². The molecule has 1 rings (SSSR count). The molecule has 7 nitrogen and oxygen atoms in total. The summed E-state index contributed by atoms with van der Waals surface area (Å²) in [7, 11) is 0. The SMILES string of the molecule is CCC1(C)NC(=O)N(C(C)C(=O)NN)C1=O. The molecule has 0 radical (unpaired) electrons. The number of hydrogen-bond acceptors (Lipinski definition) is 4. The number of rotatable bonds is 3. The molecule has 16 heavy (non-hydrogen) atoms. The maximum atomic E-state index is 12.0. The second kappa shape index (κ2) is 4.09. The van der Waals surface area contributed by atoms with E-state index in [-0.39, 0.29) is 0 Å². The van der Waals surface area contributed by atoms with Crippen molar-refractivity contribution in [1.29, 1.82) is 0 Å². The van der Waals surface area contributed by atoms with Gasteiger partial charge in [-0.3, -0.25) is 15.0 Å². The Bertz CT molecular complexity index is 344. The minimum Gasteiger partial charge on any atom is -0.323 e. The van der Waals surface area contributed by atoms with Crippen molar-refractivity contribution < 1.29 is 14.4 Å². The molecule has 1 saturated heterocycles. The smallest absolute Gasteiger partial charge is 0.323 e. The fourth-order valence-electron chi connectivity index (χ4n) is 1.54. The van der Waals surface area contributed by atoms with Gasteiger partial charge in [0.05, 0.1) is 0 Å². The van der Waals surface area contributed by atoms with Crippen LogP contribution in [0.4, 0.5) is 4.79 Å². The Labute approximate surface area is 93.3 Å². The van der Waals surface area contributed by atoms with Crippen molar-refractivity contribution in [1.82, 2.24) is 15.6 Å². The van der Waals surface area contributed by atoms with E-state index in [2.05, 4.69) is 5.32 Å². The standard InChI is InChI=1S/C9H16N4O3/c1-4-9(3)7(15)13(8(16)11-9)5(2)6(14)12-10/h5H,4,10H2,1-3H3,(H,11,16)(H,12,14). The van der Waals surface area contributed by atoms with Crippen molar-refractivity contribution in [2.45, 2.75) is 38.8 Å². The Balaban J connectivity index is 2.95. The van der Waals surface area contributed by atoms with Crippen LogP contribution in [0, 0.1) is 0 Å². The number of imide groups is 1. The Hall–Kier alpha value is -1.63. The number of urea groups is 1. The zero-order valence-corrected chi connectivity index (χ0v) is 9.53. The number of nitrogens with two attached hydrogens (primary N) is 1. The molecule has 1 aliphatic heterocycles. The molecule has 4 amide bonds. The van der Waals surface area contributed by atoms with Crippen LogP contribution < -0.4 is 16.6 Å². The molecule has 0 aromatic heterocycles. The number of nitrogens with zero attached hydrogens (tertiary/aromatic N) is 1. The van der Waals surface area contributed by atoms with Crippen molar-refractivity contribution in [3.8, 4) is 0 Å². The number of carbonyl (C=O) groups is 3. The molecule has 0 spiro atoms. The van der Waals surface area contributed by atoms with Gasteiger partial charge in [0.1, 0.15) is 11.6 Å². The molecular weight excluding hydrogens is 212 g/mol. The lowest BCUT2D eigenvalue weighted by Gasteiger charge is -2.22. The lowest BCUT2D eigenvalue weighted by Crippen LogP contribution is -2.51. The molecule has 7 heteroatoms. The second-order valence-electron chi connectivity index (χ2n) is 3.98. The van der Waals surface area contributed by atoms with Gasteiger partial charge in [-0.05, 0) is 20.3 Å².